The molecule has 0 unspecified atom stereocenters. The highest BCUT2D eigenvalue weighted by Crippen LogP contribution is 2.35. The van der Waals surface area contributed by atoms with Crippen molar-refractivity contribution < 1.29 is 17.9 Å². The summed E-state index contributed by atoms with van der Waals surface area (Å²) in [5.41, 5.74) is -0.916. The minimum absolute atomic E-state index is 0.00727. The average molecular weight is 303 g/mol. The first-order valence-corrected chi connectivity index (χ1v) is 6.02. The van der Waals surface area contributed by atoms with Crippen LogP contribution in [-0.2, 0) is 12.8 Å². The maximum Gasteiger partial charge on any atom is 0.416 e. The molecule has 0 radical (unpaired) electrons. The van der Waals surface area contributed by atoms with E-state index < -0.39 is 11.7 Å². The summed E-state index contributed by atoms with van der Waals surface area (Å²) in [6, 6.07) is 3.61. The van der Waals surface area contributed by atoms with E-state index in [0.717, 1.165) is 6.07 Å². The van der Waals surface area contributed by atoms with Crippen molar-refractivity contribution in [1.82, 2.24) is 9.97 Å². The first-order valence-electron chi connectivity index (χ1n) is 5.64. The number of ether oxygens (including phenoxy) is 1. The summed E-state index contributed by atoms with van der Waals surface area (Å²) < 4.78 is 43.9. The standard InChI is InChI=1S/C13H10ClF3N2O/c1-8-18-5-9(6-19-8)20-7-10-11(13(15,16)17)3-2-4-12(10)14/h2-6H,7H2,1H3. The molecule has 3 nitrogen and oxygen atoms in total. The summed E-state index contributed by atoms with van der Waals surface area (Å²) in [5.74, 6) is 0.828. The van der Waals surface area contributed by atoms with Crippen LogP contribution < -0.4 is 4.74 Å². The molecular weight excluding hydrogens is 293 g/mol. The molecule has 0 aliphatic rings. The van der Waals surface area contributed by atoms with Gasteiger partial charge in [0.05, 0.1) is 18.0 Å². The van der Waals surface area contributed by atoms with Crippen LogP contribution in [0, 0.1) is 6.92 Å². The number of aryl methyl sites for hydroxylation is 1. The molecule has 106 valence electrons. The van der Waals surface area contributed by atoms with Crippen molar-refractivity contribution in [2.75, 3.05) is 0 Å². The van der Waals surface area contributed by atoms with Crippen LogP contribution in [0.3, 0.4) is 0 Å². The molecule has 1 heterocycles. The third-order valence-corrected chi connectivity index (χ3v) is 2.92. The second-order valence-electron chi connectivity index (χ2n) is 4.02. The first kappa shape index (κ1) is 14.6. The molecule has 0 saturated carbocycles. The molecule has 7 heteroatoms. The van der Waals surface area contributed by atoms with Gasteiger partial charge in [-0.25, -0.2) is 9.97 Å². The molecule has 2 aromatic rings. The molecule has 0 bridgehead atoms. The molecule has 0 N–H and O–H groups in total. The van der Waals surface area contributed by atoms with Gasteiger partial charge < -0.3 is 4.74 Å². The Balaban J connectivity index is 2.23. The molecule has 0 amide bonds. The van der Waals surface area contributed by atoms with Crippen LogP contribution >= 0.6 is 11.6 Å². The number of halogens is 4. The molecule has 0 aliphatic carbocycles. The lowest BCUT2D eigenvalue weighted by Crippen LogP contribution is -2.11. The Morgan fingerprint density at radius 2 is 1.85 bits per heavy atom. The molecule has 0 atom stereocenters. The van der Waals surface area contributed by atoms with E-state index >= 15 is 0 Å². The van der Waals surface area contributed by atoms with Crippen molar-refractivity contribution >= 4 is 11.6 Å². The fraction of sp³-hybridized carbons (Fsp3) is 0.231. The van der Waals surface area contributed by atoms with Gasteiger partial charge in [-0.3, -0.25) is 0 Å². The lowest BCUT2D eigenvalue weighted by atomic mass is 10.1. The fourth-order valence-corrected chi connectivity index (χ4v) is 1.81. The smallest absolute Gasteiger partial charge is 0.416 e. The van der Waals surface area contributed by atoms with Crippen LogP contribution in [0.25, 0.3) is 0 Å². The van der Waals surface area contributed by atoms with E-state index in [-0.39, 0.29) is 22.9 Å². The van der Waals surface area contributed by atoms with Gasteiger partial charge in [0.1, 0.15) is 12.4 Å². The highest BCUT2D eigenvalue weighted by molar-refractivity contribution is 6.31. The zero-order chi connectivity index (χ0) is 14.8. The Kier molecular flexibility index (Phi) is 4.13. The summed E-state index contributed by atoms with van der Waals surface area (Å²) in [7, 11) is 0. The monoisotopic (exact) mass is 302 g/mol. The molecule has 0 saturated heterocycles. The molecule has 0 fully saturated rings. The van der Waals surface area contributed by atoms with Gasteiger partial charge in [-0.15, -0.1) is 0 Å². The molecule has 2 rings (SSSR count). The highest BCUT2D eigenvalue weighted by atomic mass is 35.5. The van der Waals surface area contributed by atoms with E-state index in [2.05, 4.69) is 9.97 Å². The van der Waals surface area contributed by atoms with E-state index in [4.69, 9.17) is 16.3 Å². The zero-order valence-electron chi connectivity index (χ0n) is 10.4. The van der Waals surface area contributed by atoms with Crippen molar-refractivity contribution in [3.05, 3.63) is 52.6 Å². The maximum absolute atomic E-state index is 12.9. The van der Waals surface area contributed by atoms with Crippen molar-refractivity contribution in [3.63, 3.8) is 0 Å². The van der Waals surface area contributed by atoms with Crippen LogP contribution in [0.1, 0.15) is 17.0 Å². The summed E-state index contributed by atoms with van der Waals surface area (Å²) in [4.78, 5) is 7.79. The quantitative estimate of drug-likeness (QED) is 0.858. The molecular formula is C13H10ClF3N2O. The summed E-state index contributed by atoms with van der Waals surface area (Å²) in [6.45, 7) is 1.39. The van der Waals surface area contributed by atoms with Crippen molar-refractivity contribution in [2.45, 2.75) is 19.7 Å². The fourth-order valence-electron chi connectivity index (χ4n) is 1.58. The van der Waals surface area contributed by atoms with Crippen molar-refractivity contribution in [3.8, 4) is 5.75 Å². The van der Waals surface area contributed by atoms with Gasteiger partial charge in [-0.1, -0.05) is 17.7 Å². The Morgan fingerprint density at radius 1 is 1.20 bits per heavy atom. The van der Waals surface area contributed by atoms with Gasteiger partial charge in [-0.2, -0.15) is 13.2 Å². The molecule has 0 spiro atoms. The zero-order valence-corrected chi connectivity index (χ0v) is 11.2. The number of aromatic nitrogens is 2. The van der Waals surface area contributed by atoms with E-state index in [1.54, 1.807) is 6.92 Å². The number of benzene rings is 1. The van der Waals surface area contributed by atoms with Crippen LogP contribution in [0.5, 0.6) is 5.75 Å². The minimum atomic E-state index is -4.48. The molecule has 0 aliphatic heterocycles. The van der Waals surface area contributed by atoms with Gasteiger partial charge in [0.25, 0.3) is 0 Å². The summed E-state index contributed by atoms with van der Waals surface area (Å²) in [5, 5.41) is 0.00727. The first-order chi connectivity index (χ1) is 9.38. The van der Waals surface area contributed by atoms with Gasteiger partial charge in [0.15, 0.2) is 5.75 Å². The van der Waals surface area contributed by atoms with Gasteiger partial charge in [0.2, 0.25) is 0 Å². The third-order valence-electron chi connectivity index (χ3n) is 2.56. The van der Waals surface area contributed by atoms with Gasteiger partial charge in [-0.05, 0) is 19.1 Å². The Labute approximate surface area is 118 Å². The second kappa shape index (κ2) is 5.66. The molecule has 20 heavy (non-hydrogen) atoms. The minimum Gasteiger partial charge on any atom is -0.486 e. The lowest BCUT2D eigenvalue weighted by Gasteiger charge is -2.14. The Morgan fingerprint density at radius 3 is 2.45 bits per heavy atom. The maximum atomic E-state index is 12.9. The van der Waals surface area contributed by atoms with E-state index in [1.165, 1.54) is 24.5 Å². The van der Waals surface area contributed by atoms with Crippen molar-refractivity contribution in [2.24, 2.45) is 0 Å². The number of hydrogen-bond donors (Lipinski definition) is 0. The topological polar surface area (TPSA) is 35.0 Å². The number of alkyl halides is 3. The Hall–Kier alpha value is -1.82. The SMILES string of the molecule is Cc1ncc(OCc2c(Cl)cccc2C(F)(F)F)cn1. The van der Waals surface area contributed by atoms with E-state index in [0.29, 0.717) is 5.82 Å². The van der Waals surface area contributed by atoms with Crippen LogP contribution in [-0.4, -0.2) is 9.97 Å². The molecule has 1 aromatic carbocycles. The normalized spacial score (nSPS) is 11.4. The van der Waals surface area contributed by atoms with Gasteiger partial charge in [0, 0.05) is 10.6 Å². The average Bonchev–Trinajstić information content (AvgIpc) is 2.38. The number of nitrogens with zero attached hydrogens (tertiary/aromatic N) is 2. The predicted octanol–water partition coefficient (Wildman–Crippen LogP) is 4.04. The largest absolute Gasteiger partial charge is 0.486 e. The third kappa shape index (κ3) is 3.39. The predicted molar refractivity (Wildman–Crippen MR) is 67.6 cm³/mol. The summed E-state index contributed by atoms with van der Waals surface area (Å²) >= 11 is 5.82. The molecule has 1 aromatic heterocycles. The van der Waals surface area contributed by atoms with Crippen LogP contribution in [0.15, 0.2) is 30.6 Å². The number of rotatable bonds is 3. The highest BCUT2D eigenvalue weighted by Gasteiger charge is 2.34. The van der Waals surface area contributed by atoms with Crippen LogP contribution in [0.2, 0.25) is 5.02 Å². The van der Waals surface area contributed by atoms with E-state index in [1.807, 2.05) is 0 Å². The Bertz CT molecular complexity index is 600. The second-order valence-corrected chi connectivity index (χ2v) is 4.43. The van der Waals surface area contributed by atoms with Gasteiger partial charge >= 0.3 is 6.18 Å². The van der Waals surface area contributed by atoms with E-state index in [9.17, 15) is 13.2 Å². The summed E-state index contributed by atoms with van der Waals surface area (Å²) in [6.07, 6.45) is -1.69. The van der Waals surface area contributed by atoms with Crippen molar-refractivity contribution in [1.29, 1.82) is 0 Å². The lowest BCUT2D eigenvalue weighted by molar-refractivity contribution is -0.138. The number of hydrogen-bond acceptors (Lipinski definition) is 3. The van der Waals surface area contributed by atoms with Crippen LogP contribution in [0.4, 0.5) is 13.2 Å².